The molecule has 0 N–H and O–H groups in total. The van der Waals surface area contributed by atoms with Crippen molar-refractivity contribution in [1.29, 1.82) is 0 Å². The molecule has 0 saturated heterocycles. The zero-order valence-electron chi connectivity index (χ0n) is 10.8. The molecule has 0 aliphatic carbocycles. The molecule has 104 valence electrons. The lowest BCUT2D eigenvalue weighted by Gasteiger charge is -2.10. The smallest absolute Gasteiger partial charge is 0.199 e. The van der Waals surface area contributed by atoms with Crippen molar-refractivity contribution in [1.82, 2.24) is 0 Å². The van der Waals surface area contributed by atoms with Gasteiger partial charge in [-0.25, -0.2) is 8.78 Å². The number of aryl methyl sites for hydroxylation is 1. The van der Waals surface area contributed by atoms with Crippen molar-refractivity contribution in [2.45, 2.75) is 6.92 Å². The molecular formula is C15H11BrF2O2. The number of hydrogen-bond donors (Lipinski definition) is 0. The van der Waals surface area contributed by atoms with E-state index in [1.807, 2.05) is 0 Å². The predicted octanol–water partition coefficient (Wildman–Crippen LogP) is 4.28. The van der Waals surface area contributed by atoms with Crippen LogP contribution in [0.5, 0.6) is 5.75 Å². The molecule has 20 heavy (non-hydrogen) atoms. The molecule has 0 unspecified atom stereocenters. The van der Waals surface area contributed by atoms with Crippen LogP contribution in [0.15, 0.2) is 34.8 Å². The number of rotatable bonds is 3. The molecule has 0 saturated carbocycles. The second-order valence-corrected chi connectivity index (χ2v) is 5.09. The Bertz CT molecular complexity index is 684. The minimum absolute atomic E-state index is 0.0663. The Hall–Kier alpha value is -1.75. The summed E-state index contributed by atoms with van der Waals surface area (Å²) in [4.78, 5) is 12.4. The summed E-state index contributed by atoms with van der Waals surface area (Å²) in [5, 5.41) is 0. The van der Waals surface area contributed by atoms with E-state index in [2.05, 4.69) is 15.9 Å². The van der Waals surface area contributed by atoms with Crippen LogP contribution in [0.3, 0.4) is 0 Å². The van der Waals surface area contributed by atoms with Crippen LogP contribution in [0.2, 0.25) is 0 Å². The molecule has 5 heteroatoms. The maximum Gasteiger partial charge on any atom is 0.199 e. The Morgan fingerprint density at radius 1 is 1.20 bits per heavy atom. The summed E-state index contributed by atoms with van der Waals surface area (Å²) in [7, 11) is 1.33. The van der Waals surface area contributed by atoms with Gasteiger partial charge in [-0.3, -0.25) is 4.79 Å². The van der Waals surface area contributed by atoms with Crippen molar-refractivity contribution in [2.24, 2.45) is 0 Å². The van der Waals surface area contributed by atoms with E-state index in [4.69, 9.17) is 4.74 Å². The number of ether oxygens (including phenoxy) is 1. The van der Waals surface area contributed by atoms with Gasteiger partial charge in [0.05, 0.1) is 22.7 Å². The van der Waals surface area contributed by atoms with Crippen molar-refractivity contribution >= 4 is 21.7 Å². The van der Waals surface area contributed by atoms with Gasteiger partial charge in [-0.15, -0.1) is 0 Å². The quantitative estimate of drug-likeness (QED) is 0.779. The molecule has 0 radical (unpaired) electrons. The number of ketones is 1. The lowest BCUT2D eigenvalue weighted by Crippen LogP contribution is -2.08. The minimum Gasteiger partial charge on any atom is -0.496 e. The van der Waals surface area contributed by atoms with Gasteiger partial charge in [0.2, 0.25) is 0 Å². The van der Waals surface area contributed by atoms with Gasteiger partial charge in [-0.1, -0.05) is 12.1 Å². The van der Waals surface area contributed by atoms with Gasteiger partial charge in [0, 0.05) is 6.07 Å². The highest BCUT2D eigenvalue weighted by atomic mass is 79.9. The van der Waals surface area contributed by atoms with Crippen molar-refractivity contribution in [2.75, 3.05) is 7.11 Å². The molecule has 2 rings (SSSR count). The molecule has 0 aliphatic rings. The molecule has 0 bridgehead atoms. The van der Waals surface area contributed by atoms with Gasteiger partial charge in [0.15, 0.2) is 5.78 Å². The molecule has 0 fully saturated rings. The zero-order valence-corrected chi connectivity index (χ0v) is 12.4. The molecule has 0 atom stereocenters. The first kappa shape index (κ1) is 14.7. The van der Waals surface area contributed by atoms with Gasteiger partial charge in [0.1, 0.15) is 17.4 Å². The third-order valence-corrected chi connectivity index (χ3v) is 3.53. The number of benzene rings is 2. The van der Waals surface area contributed by atoms with Gasteiger partial charge in [0.25, 0.3) is 0 Å². The lowest BCUT2D eigenvalue weighted by atomic mass is 10.00. The van der Waals surface area contributed by atoms with Crippen LogP contribution in [-0.4, -0.2) is 12.9 Å². The molecule has 0 spiro atoms. The third kappa shape index (κ3) is 2.58. The molecule has 0 aromatic heterocycles. The van der Waals surface area contributed by atoms with Crippen LogP contribution in [0.4, 0.5) is 8.78 Å². The van der Waals surface area contributed by atoms with Crippen LogP contribution in [-0.2, 0) is 0 Å². The fourth-order valence-corrected chi connectivity index (χ4v) is 2.19. The highest BCUT2D eigenvalue weighted by molar-refractivity contribution is 9.10. The third-order valence-electron chi connectivity index (χ3n) is 2.92. The van der Waals surface area contributed by atoms with Crippen molar-refractivity contribution in [3.63, 3.8) is 0 Å². The predicted molar refractivity (Wildman–Crippen MR) is 75.2 cm³/mol. The SMILES string of the molecule is COc1cc(F)c(Br)cc1C(=O)c1cccc(C)c1F. The number of methoxy groups -OCH3 is 1. The standard InChI is InChI=1S/C15H11BrF2O2/c1-8-4-3-5-9(14(8)18)15(19)10-6-11(16)12(17)7-13(10)20-2/h3-7H,1-2H3. The molecule has 0 amide bonds. The van der Waals surface area contributed by atoms with E-state index in [1.54, 1.807) is 19.1 Å². The monoisotopic (exact) mass is 340 g/mol. The topological polar surface area (TPSA) is 26.3 Å². The summed E-state index contributed by atoms with van der Waals surface area (Å²) in [5.41, 5.74) is 0.406. The summed E-state index contributed by atoms with van der Waals surface area (Å²) in [6.45, 7) is 1.57. The summed E-state index contributed by atoms with van der Waals surface area (Å²) in [6.07, 6.45) is 0. The van der Waals surface area contributed by atoms with Crippen molar-refractivity contribution in [3.05, 3.63) is 63.1 Å². The number of carbonyl (C=O) groups excluding carboxylic acids is 1. The van der Waals surface area contributed by atoms with E-state index < -0.39 is 17.4 Å². The van der Waals surface area contributed by atoms with E-state index in [-0.39, 0.29) is 21.3 Å². The normalized spacial score (nSPS) is 10.4. The lowest BCUT2D eigenvalue weighted by molar-refractivity contribution is 0.103. The molecule has 2 aromatic rings. The van der Waals surface area contributed by atoms with Crippen LogP contribution in [0, 0.1) is 18.6 Å². The highest BCUT2D eigenvalue weighted by Gasteiger charge is 2.20. The highest BCUT2D eigenvalue weighted by Crippen LogP contribution is 2.29. The zero-order chi connectivity index (χ0) is 14.9. The molecule has 0 aliphatic heterocycles. The van der Waals surface area contributed by atoms with Gasteiger partial charge < -0.3 is 4.74 Å². The molecule has 0 heterocycles. The van der Waals surface area contributed by atoms with E-state index in [0.29, 0.717) is 5.56 Å². The Kier molecular flexibility index (Phi) is 4.18. The summed E-state index contributed by atoms with van der Waals surface area (Å²) in [5.74, 6) is -1.62. The Labute approximate surface area is 123 Å². The van der Waals surface area contributed by atoms with Crippen molar-refractivity contribution in [3.8, 4) is 5.75 Å². The minimum atomic E-state index is -0.583. The van der Waals surface area contributed by atoms with Crippen LogP contribution >= 0.6 is 15.9 Å². The van der Waals surface area contributed by atoms with Gasteiger partial charge in [-0.05, 0) is 40.5 Å². The fourth-order valence-electron chi connectivity index (χ4n) is 1.84. The van der Waals surface area contributed by atoms with E-state index in [9.17, 15) is 13.6 Å². The number of hydrogen-bond acceptors (Lipinski definition) is 2. The number of carbonyl (C=O) groups is 1. The van der Waals surface area contributed by atoms with Crippen LogP contribution in [0.25, 0.3) is 0 Å². The van der Waals surface area contributed by atoms with Crippen LogP contribution < -0.4 is 4.74 Å². The summed E-state index contributed by atoms with van der Waals surface area (Å²) < 4.78 is 32.6. The maximum atomic E-state index is 14.0. The second-order valence-electron chi connectivity index (χ2n) is 4.23. The van der Waals surface area contributed by atoms with Gasteiger partial charge >= 0.3 is 0 Å². The first-order chi connectivity index (χ1) is 9.45. The Morgan fingerprint density at radius 2 is 1.90 bits per heavy atom. The first-order valence-corrected chi connectivity index (χ1v) is 6.58. The van der Waals surface area contributed by atoms with Crippen molar-refractivity contribution < 1.29 is 18.3 Å². The number of halogens is 3. The first-order valence-electron chi connectivity index (χ1n) is 5.78. The average Bonchev–Trinajstić information content (AvgIpc) is 2.43. The molecule has 2 nitrogen and oxygen atoms in total. The Morgan fingerprint density at radius 3 is 2.55 bits per heavy atom. The molecular weight excluding hydrogens is 330 g/mol. The maximum absolute atomic E-state index is 14.0. The summed E-state index contributed by atoms with van der Waals surface area (Å²) in [6, 6.07) is 6.94. The van der Waals surface area contributed by atoms with E-state index in [0.717, 1.165) is 6.07 Å². The van der Waals surface area contributed by atoms with E-state index >= 15 is 0 Å². The largest absolute Gasteiger partial charge is 0.496 e. The summed E-state index contributed by atoms with van der Waals surface area (Å²) >= 11 is 3.01. The van der Waals surface area contributed by atoms with E-state index in [1.165, 1.54) is 19.2 Å². The Balaban J connectivity index is 2.59. The average molecular weight is 341 g/mol. The van der Waals surface area contributed by atoms with Gasteiger partial charge in [-0.2, -0.15) is 0 Å². The second kappa shape index (κ2) is 5.71. The van der Waals surface area contributed by atoms with Crippen LogP contribution in [0.1, 0.15) is 21.5 Å². The molecule has 2 aromatic carbocycles. The fraction of sp³-hybridized carbons (Fsp3) is 0.133.